The number of likely N-dealkylation sites (tertiary alicyclic amines) is 2. The van der Waals surface area contributed by atoms with Gasteiger partial charge in [0, 0.05) is 13.1 Å². The fourth-order valence-corrected chi connectivity index (χ4v) is 2.66. The Morgan fingerprint density at radius 3 is 2.53 bits per heavy atom. The number of carbonyl (C=O) groups is 2. The molecule has 0 aromatic rings. The van der Waals surface area contributed by atoms with E-state index in [-0.39, 0.29) is 17.9 Å². The van der Waals surface area contributed by atoms with Gasteiger partial charge >= 0.3 is 5.97 Å². The van der Waals surface area contributed by atoms with Crippen molar-refractivity contribution in [2.75, 3.05) is 33.3 Å². The minimum Gasteiger partial charge on any atom is -0.468 e. The van der Waals surface area contributed by atoms with Gasteiger partial charge in [-0.05, 0) is 32.2 Å². The molecular weight excluding hydrogens is 220 g/mol. The van der Waals surface area contributed by atoms with Crippen LogP contribution in [0.3, 0.4) is 0 Å². The van der Waals surface area contributed by atoms with Gasteiger partial charge in [-0.25, -0.2) is 0 Å². The predicted octanol–water partition coefficient (Wildman–Crippen LogP) is 0.246. The third-order valence-corrected chi connectivity index (χ3v) is 3.63. The van der Waals surface area contributed by atoms with Crippen LogP contribution in [0.25, 0.3) is 0 Å². The number of methoxy groups -OCH3 is 1. The highest BCUT2D eigenvalue weighted by Crippen LogP contribution is 2.19. The van der Waals surface area contributed by atoms with Gasteiger partial charge in [0.1, 0.15) is 6.04 Å². The minimum atomic E-state index is -0.216. The molecule has 1 atom stereocenters. The summed E-state index contributed by atoms with van der Waals surface area (Å²) in [6, 6.07) is -0.216. The van der Waals surface area contributed by atoms with E-state index >= 15 is 0 Å². The van der Waals surface area contributed by atoms with Crippen molar-refractivity contribution in [3.05, 3.63) is 0 Å². The first-order chi connectivity index (χ1) is 8.22. The third-order valence-electron chi connectivity index (χ3n) is 3.63. The minimum absolute atomic E-state index is 0.151. The number of carbonyl (C=O) groups excluding carboxylic acids is 2. The van der Waals surface area contributed by atoms with Crippen LogP contribution in [0.5, 0.6) is 0 Å². The Hall–Kier alpha value is -1.10. The van der Waals surface area contributed by atoms with E-state index in [1.54, 1.807) is 0 Å². The summed E-state index contributed by atoms with van der Waals surface area (Å²) in [5, 5.41) is 0. The molecule has 1 unspecified atom stereocenters. The molecule has 2 rings (SSSR count). The highest BCUT2D eigenvalue weighted by atomic mass is 16.5. The van der Waals surface area contributed by atoms with Crippen LogP contribution in [0, 0.1) is 0 Å². The summed E-state index contributed by atoms with van der Waals surface area (Å²) in [6.07, 6.45) is 3.98. The van der Waals surface area contributed by atoms with Gasteiger partial charge in [0.15, 0.2) is 0 Å². The van der Waals surface area contributed by atoms with Crippen LogP contribution in [-0.2, 0) is 14.3 Å². The van der Waals surface area contributed by atoms with E-state index in [2.05, 4.69) is 0 Å². The topological polar surface area (TPSA) is 49.9 Å². The molecule has 0 aromatic carbocycles. The molecule has 2 aliphatic rings. The molecule has 17 heavy (non-hydrogen) atoms. The summed E-state index contributed by atoms with van der Waals surface area (Å²) in [7, 11) is 1.40. The number of hydrogen-bond acceptors (Lipinski definition) is 4. The van der Waals surface area contributed by atoms with Crippen molar-refractivity contribution in [2.45, 2.75) is 31.7 Å². The number of amides is 1. The molecule has 5 nitrogen and oxygen atoms in total. The number of ether oxygens (including phenoxy) is 1. The summed E-state index contributed by atoms with van der Waals surface area (Å²) in [6.45, 7) is 2.92. The molecule has 0 radical (unpaired) electrons. The molecular formula is C12H20N2O3. The Bertz CT molecular complexity index is 300. The fourth-order valence-electron chi connectivity index (χ4n) is 2.66. The Labute approximate surface area is 102 Å². The van der Waals surface area contributed by atoms with E-state index in [4.69, 9.17) is 4.74 Å². The van der Waals surface area contributed by atoms with Gasteiger partial charge in [-0.2, -0.15) is 0 Å². The van der Waals surface area contributed by atoms with Crippen LogP contribution < -0.4 is 0 Å². The lowest BCUT2D eigenvalue weighted by Gasteiger charge is -2.24. The third kappa shape index (κ3) is 2.77. The highest BCUT2D eigenvalue weighted by Gasteiger charge is 2.33. The molecule has 96 valence electrons. The zero-order chi connectivity index (χ0) is 12.3. The van der Waals surface area contributed by atoms with Crippen molar-refractivity contribution in [1.29, 1.82) is 0 Å². The number of nitrogens with zero attached hydrogens (tertiary/aromatic N) is 2. The second-order valence-corrected chi connectivity index (χ2v) is 4.74. The van der Waals surface area contributed by atoms with Crippen LogP contribution in [-0.4, -0.2) is 61.0 Å². The molecule has 2 aliphatic heterocycles. The first-order valence-electron chi connectivity index (χ1n) is 6.32. The second-order valence-electron chi connectivity index (χ2n) is 4.74. The lowest BCUT2D eigenvalue weighted by atomic mass is 10.2. The van der Waals surface area contributed by atoms with Crippen LogP contribution >= 0.6 is 0 Å². The van der Waals surface area contributed by atoms with Gasteiger partial charge in [0.2, 0.25) is 5.91 Å². The first-order valence-corrected chi connectivity index (χ1v) is 6.32. The zero-order valence-corrected chi connectivity index (χ0v) is 10.4. The quantitative estimate of drug-likeness (QED) is 0.663. The molecule has 2 heterocycles. The van der Waals surface area contributed by atoms with E-state index < -0.39 is 0 Å². The molecule has 0 spiro atoms. The van der Waals surface area contributed by atoms with Crippen molar-refractivity contribution in [1.82, 2.24) is 9.80 Å². The van der Waals surface area contributed by atoms with Crippen molar-refractivity contribution in [2.24, 2.45) is 0 Å². The number of esters is 1. The lowest BCUT2D eigenvalue weighted by Crippen LogP contribution is -2.44. The van der Waals surface area contributed by atoms with E-state index in [9.17, 15) is 9.59 Å². The van der Waals surface area contributed by atoms with E-state index in [0.29, 0.717) is 6.54 Å². The van der Waals surface area contributed by atoms with Gasteiger partial charge in [0.25, 0.3) is 0 Å². The number of hydrogen-bond donors (Lipinski definition) is 0. The van der Waals surface area contributed by atoms with Gasteiger partial charge < -0.3 is 9.64 Å². The average Bonchev–Trinajstić information content (AvgIpc) is 2.98. The standard InChI is InChI=1S/C12H20N2O3/c1-17-12(16)10-5-4-8-14(10)9-11(15)13-6-2-3-7-13/h10H,2-9H2,1H3. The molecule has 1 amide bonds. The Kier molecular flexibility index (Phi) is 3.99. The first kappa shape index (κ1) is 12.4. The van der Waals surface area contributed by atoms with Gasteiger partial charge in [-0.3, -0.25) is 14.5 Å². The maximum atomic E-state index is 12.0. The van der Waals surface area contributed by atoms with E-state index in [0.717, 1.165) is 45.3 Å². The predicted molar refractivity (Wildman–Crippen MR) is 62.4 cm³/mol. The smallest absolute Gasteiger partial charge is 0.323 e. The second kappa shape index (κ2) is 5.49. The summed E-state index contributed by atoms with van der Waals surface area (Å²) >= 11 is 0. The summed E-state index contributed by atoms with van der Waals surface area (Å²) < 4.78 is 4.77. The van der Waals surface area contributed by atoms with Gasteiger partial charge in [-0.1, -0.05) is 0 Å². The fraction of sp³-hybridized carbons (Fsp3) is 0.833. The van der Waals surface area contributed by atoms with Crippen LogP contribution in [0.2, 0.25) is 0 Å². The molecule has 2 fully saturated rings. The van der Waals surface area contributed by atoms with Crippen molar-refractivity contribution < 1.29 is 14.3 Å². The zero-order valence-electron chi connectivity index (χ0n) is 10.4. The summed E-state index contributed by atoms with van der Waals surface area (Å²) in [4.78, 5) is 27.4. The molecule has 0 N–H and O–H groups in total. The van der Waals surface area contributed by atoms with Crippen LogP contribution in [0.4, 0.5) is 0 Å². The number of rotatable bonds is 3. The molecule has 0 bridgehead atoms. The van der Waals surface area contributed by atoms with Gasteiger partial charge in [-0.15, -0.1) is 0 Å². The average molecular weight is 240 g/mol. The normalized spacial score (nSPS) is 25.2. The van der Waals surface area contributed by atoms with E-state index in [1.807, 2.05) is 9.80 Å². The molecule has 5 heteroatoms. The van der Waals surface area contributed by atoms with Crippen molar-refractivity contribution >= 4 is 11.9 Å². The van der Waals surface area contributed by atoms with Crippen molar-refractivity contribution in [3.8, 4) is 0 Å². The molecule has 0 aliphatic carbocycles. The van der Waals surface area contributed by atoms with Crippen LogP contribution in [0.15, 0.2) is 0 Å². The Balaban J connectivity index is 1.88. The Morgan fingerprint density at radius 2 is 1.88 bits per heavy atom. The lowest BCUT2D eigenvalue weighted by molar-refractivity contribution is -0.146. The molecule has 2 saturated heterocycles. The SMILES string of the molecule is COC(=O)C1CCCN1CC(=O)N1CCCC1. The summed E-state index contributed by atoms with van der Waals surface area (Å²) in [5.74, 6) is -0.0602. The maximum Gasteiger partial charge on any atom is 0.323 e. The monoisotopic (exact) mass is 240 g/mol. The molecule has 0 saturated carbocycles. The van der Waals surface area contributed by atoms with Crippen molar-refractivity contribution in [3.63, 3.8) is 0 Å². The largest absolute Gasteiger partial charge is 0.468 e. The van der Waals surface area contributed by atoms with Crippen LogP contribution in [0.1, 0.15) is 25.7 Å². The highest BCUT2D eigenvalue weighted by molar-refractivity contribution is 5.81. The van der Waals surface area contributed by atoms with E-state index in [1.165, 1.54) is 7.11 Å². The Morgan fingerprint density at radius 1 is 1.18 bits per heavy atom. The van der Waals surface area contributed by atoms with Gasteiger partial charge in [0.05, 0.1) is 13.7 Å². The maximum absolute atomic E-state index is 12.0. The summed E-state index contributed by atoms with van der Waals surface area (Å²) in [5.41, 5.74) is 0. The molecule has 0 aromatic heterocycles.